The molecule has 0 radical (unpaired) electrons. The van der Waals surface area contributed by atoms with E-state index < -0.39 is 20.7 Å². The summed E-state index contributed by atoms with van der Waals surface area (Å²) in [6, 6.07) is 12.3. The number of rotatable bonds is 7. The van der Waals surface area contributed by atoms with Crippen molar-refractivity contribution in [2.45, 2.75) is 30.3 Å². The molecule has 4 aromatic rings. The molecule has 0 bridgehead atoms. The summed E-state index contributed by atoms with van der Waals surface area (Å²) in [5.41, 5.74) is 8.82. The Morgan fingerprint density at radius 1 is 1.18 bits per heavy atom. The van der Waals surface area contributed by atoms with E-state index in [1.807, 2.05) is 4.68 Å². The number of anilines is 1. The number of carbonyl (C=O) groups is 1. The van der Waals surface area contributed by atoms with E-state index in [9.17, 15) is 17.6 Å². The first kappa shape index (κ1) is 25.5. The first-order valence-corrected chi connectivity index (χ1v) is 13.5. The molecule has 3 N–H and O–H groups in total. The van der Waals surface area contributed by atoms with Crippen LogP contribution in [0.2, 0.25) is 0 Å². The predicted octanol–water partition coefficient (Wildman–Crippen LogP) is 3.04. The Kier molecular flexibility index (Phi) is 6.91. The van der Waals surface area contributed by atoms with E-state index in [0.29, 0.717) is 35.4 Å². The molecule has 1 amide bonds. The minimum atomic E-state index is -4.02. The van der Waals surface area contributed by atoms with Crippen molar-refractivity contribution >= 4 is 32.8 Å². The first-order chi connectivity index (χ1) is 18.3. The highest BCUT2D eigenvalue weighted by Crippen LogP contribution is 2.34. The Hall–Kier alpha value is -4.16. The van der Waals surface area contributed by atoms with Crippen LogP contribution in [0.15, 0.2) is 72.4 Å². The van der Waals surface area contributed by atoms with Gasteiger partial charge in [0.1, 0.15) is 28.6 Å². The maximum absolute atomic E-state index is 14.0. The molecule has 1 aliphatic heterocycles. The Morgan fingerprint density at radius 2 is 1.95 bits per heavy atom. The van der Waals surface area contributed by atoms with Gasteiger partial charge in [-0.2, -0.15) is 5.10 Å². The van der Waals surface area contributed by atoms with Crippen molar-refractivity contribution in [3.05, 3.63) is 78.9 Å². The van der Waals surface area contributed by atoms with Crippen LogP contribution in [0.1, 0.15) is 24.4 Å². The van der Waals surface area contributed by atoms with Gasteiger partial charge in [0, 0.05) is 25.2 Å². The number of amides is 1. The second kappa shape index (κ2) is 10.3. The largest absolute Gasteiger partial charge is 0.383 e. The fourth-order valence-corrected chi connectivity index (χ4v) is 5.73. The van der Waals surface area contributed by atoms with Crippen molar-refractivity contribution in [2.75, 3.05) is 18.8 Å². The topological polar surface area (TPSA) is 136 Å². The number of benzene rings is 2. The molecule has 12 heteroatoms. The average molecular weight is 536 g/mol. The zero-order valence-corrected chi connectivity index (χ0v) is 21.2. The normalized spacial score (nSPS) is 16.0. The highest BCUT2D eigenvalue weighted by molar-refractivity contribution is 7.89. The molecule has 0 spiro atoms. The molecule has 1 saturated heterocycles. The van der Waals surface area contributed by atoms with Crippen molar-refractivity contribution in [3.8, 4) is 11.3 Å². The van der Waals surface area contributed by atoms with Gasteiger partial charge in [0.05, 0.1) is 11.4 Å². The van der Waals surface area contributed by atoms with Crippen LogP contribution < -0.4 is 10.5 Å². The van der Waals surface area contributed by atoms with Crippen LogP contribution in [-0.2, 0) is 21.4 Å². The monoisotopic (exact) mass is 535 g/mol. The highest BCUT2D eigenvalue weighted by Gasteiger charge is 2.28. The quantitative estimate of drug-likeness (QED) is 0.347. The summed E-state index contributed by atoms with van der Waals surface area (Å²) in [6.07, 6.45) is 4.34. The third kappa shape index (κ3) is 4.87. The van der Waals surface area contributed by atoms with Crippen LogP contribution in [0.25, 0.3) is 22.3 Å². The van der Waals surface area contributed by atoms with Crippen molar-refractivity contribution in [1.29, 1.82) is 0 Å². The number of sulfonamides is 1. The Balaban J connectivity index is 1.42. The van der Waals surface area contributed by atoms with E-state index in [1.165, 1.54) is 30.6 Å². The molecule has 38 heavy (non-hydrogen) atoms. The highest BCUT2D eigenvalue weighted by atomic mass is 32.2. The number of hydrogen-bond acceptors (Lipinski definition) is 7. The fraction of sp³-hybridized carbons (Fsp3) is 0.231. The van der Waals surface area contributed by atoms with E-state index in [4.69, 9.17) is 10.8 Å². The number of hydrogen-bond donors (Lipinski definition) is 2. The van der Waals surface area contributed by atoms with Gasteiger partial charge in [0.15, 0.2) is 5.65 Å². The average Bonchev–Trinajstić information content (AvgIpc) is 3.33. The first-order valence-electron chi connectivity index (χ1n) is 12.0. The third-order valence-electron chi connectivity index (χ3n) is 6.57. The van der Waals surface area contributed by atoms with Gasteiger partial charge in [-0.1, -0.05) is 43.0 Å². The van der Waals surface area contributed by atoms with Crippen molar-refractivity contribution in [2.24, 2.45) is 0 Å². The Labute approximate surface area is 219 Å². The lowest BCUT2D eigenvalue weighted by Crippen LogP contribution is -2.40. The van der Waals surface area contributed by atoms with Crippen LogP contribution in [0.4, 0.5) is 10.2 Å². The molecular weight excluding hydrogens is 509 g/mol. The number of fused-ring (bicyclic) bond motifs is 1. The third-order valence-corrected chi connectivity index (χ3v) is 8.00. The smallest absolute Gasteiger partial charge is 0.246 e. The van der Waals surface area contributed by atoms with Gasteiger partial charge in [-0.15, -0.1) is 0 Å². The van der Waals surface area contributed by atoms with E-state index in [-0.39, 0.29) is 24.3 Å². The summed E-state index contributed by atoms with van der Waals surface area (Å²) < 4.78 is 43.2. The van der Waals surface area contributed by atoms with Gasteiger partial charge in [-0.25, -0.2) is 32.2 Å². The molecule has 10 nitrogen and oxygen atoms in total. The second-order valence-corrected chi connectivity index (χ2v) is 10.7. The zero-order valence-electron chi connectivity index (χ0n) is 20.4. The van der Waals surface area contributed by atoms with Crippen LogP contribution >= 0.6 is 0 Å². The van der Waals surface area contributed by atoms with E-state index in [1.54, 1.807) is 29.2 Å². The summed E-state index contributed by atoms with van der Waals surface area (Å²) in [5.74, 6) is -0.651. The fourth-order valence-electron chi connectivity index (χ4n) is 4.63. The summed E-state index contributed by atoms with van der Waals surface area (Å²) in [6.45, 7) is 4.70. The molecule has 5 rings (SSSR count). The van der Waals surface area contributed by atoms with E-state index in [2.05, 4.69) is 21.3 Å². The van der Waals surface area contributed by atoms with Crippen molar-refractivity contribution in [1.82, 2.24) is 29.4 Å². The summed E-state index contributed by atoms with van der Waals surface area (Å²) in [5, 5.41) is 5.45. The maximum atomic E-state index is 14.0. The van der Waals surface area contributed by atoms with Crippen LogP contribution in [0, 0.1) is 5.82 Å². The number of nitrogens with zero attached hydrogens (tertiary/aromatic N) is 5. The molecular formula is C26H26FN7O3S. The molecule has 1 unspecified atom stereocenters. The number of likely N-dealkylation sites (tertiary alicyclic amines) is 1. The molecule has 2 aromatic carbocycles. The number of nitrogen functional groups attached to an aromatic ring is 1. The minimum absolute atomic E-state index is 0.0212. The molecule has 2 aromatic heterocycles. The molecule has 1 fully saturated rings. The molecule has 0 aliphatic carbocycles. The standard InChI is InChI=1S/C26H26FN7O3S/c1-2-22(35)33-13-5-6-19(15-33)34-26-23(25(28)29-16-30-26)24(32-34)18-11-9-17(10-12-18)14-31-38(36,37)21-8-4-3-7-20(21)27/h2-4,7-12,16,19,31H,1,5-6,13-15H2,(H2,28,29,30). The number of aromatic nitrogens is 4. The zero-order chi connectivity index (χ0) is 26.9. The minimum Gasteiger partial charge on any atom is -0.383 e. The van der Waals surface area contributed by atoms with Gasteiger partial charge in [-0.3, -0.25) is 4.79 Å². The van der Waals surface area contributed by atoms with Gasteiger partial charge in [0.2, 0.25) is 15.9 Å². The molecule has 196 valence electrons. The Morgan fingerprint density at radius 3 is 2.68 bits per heavy atom. The summed E-state index contributed by atoms with van der Waals surface area (Å²) >= 11 is 0. The number of nitrogens with one attached hydrogen (secondary N) is 1. The van der Waals surface area contributed by atoms with E-state index in [0.717, 1.165) is 24.5 Å². The molecule has 1 atom stereocenters. The van der Waals surface area contributed by atoms with Crippen LogP contribution in [-0.4, -0.2) is 52.1 Å². The van der Waals surface area contributed by atoms with Gasteiger partial charge in [0.25, 0.3) is 0 Å². The van der Waals surface area contributed by atoms with Crippen LogP contribution in [0.3, 0.4) is 0 Å². The van der Waals surface area contributed by atoms with E-state index >= 15 is 0 Å². The number of halogens is 1. The number of nitrogens with two attached hydrogens (primary N) is 1. The number of carbonyl (C=O) groups excluding carboxylic acids is 1. The molecule has 3 heterocycles. The predicted molar refractivity (Wildman–Crippen MR) is 141 cm³/mol. The van der Waals surface area contributed by atoms with Crippen molar-refractivity contribution < 1.29 is 17.6 Å². The SMILES string of the molecule is C=CC(=O)N1CCCC(n2nc(-c3ccc(CNS(=O)(=O)c4ccccc4F)cc3)c3c(N)ncnc32)C1. The van der Waals surface area contributed by atoms with Crippen molar-refractivity contribution in [3.63, 3.8) is 0 Å². The second-order valence-electron chi connectivity index (χ2n) is 8.99. The summed E-state index contributed by atoms with van der Waals surface area (Å²) in [4.78, 5) is 22.1. The number of piperidine rings is 1. The maximum Gasteiger partial charge on any atom is 0.246 e. The van der Waals surface area contributed by atoms with Gasteiger partial charge in [-0.05, 0) is 36.6 Å². The Bertz CT molecular complexity index is 1620. The molecule has 0 saturated carbocycles. The lowest BCUT2D eigenvalue weighted by Gasteiger charge is -2.32. The summed E-state index contributed by atoms with van der Waals surface area (Å²) in [7, 11) is -4.02. The van der Waals surface area contributed by atoms with Gasteiger partial charge >= 0.3 is 0 Å². The van der Waals surface area contributed by atoms with Crippen LogP contribution in [0.5, 0.6) is 0 Å². The lowest BCUT2D eigenvalue weighted by molar-refractivity contribution is -0.127. The lowest BCUT2D eigenvalue weighted by atomic mass is 10.1. The molecule has 1 aliphatic rings. The van der Waals surface area contributed by atoms with Gasteiger partial charge < -0.3 is 10.6 Å².